The number of thiazole rings is 1. The highest BCUT2D eigenvalue weighted by Crippen LogP contribution is 2.33. The Bertz CT molecular complexity index is 607. The Balaban J connectivity index is 2.27. The first-order valence-electron chi connectivity index (χ1n) is 6.94. The zero-order valence-electron chi connectivity index (χ0n) is 12.1. The van der Waals surface area contributed by atoms with Crippen LogP contribution in [0.5, 0.6) is 0 Å². The minimum atomic E-state index is -4.36. The molecule has 2 rings (SSSR count). The van der Waals surface area contributed by atoms with Crippen LogP contribution >= 0.6 is 11.3 Å². The Hall–Kier alpha value is -1.60. The topological polar surface area (TPSA) is 36.4 Å². The maximum atomic E-state index is 12.8. The average Bonchev–Trinajstić information content (AvgIpc) is 2.96. The summed E-state index contributed by atoms with van der Waals surface area (Å²) in [6.07, 6.45) is -3.46. The van der Waals surface area contributed by atoms with E-state index in [9.17, 15) is 13.2 Å². The lowest BCUT2D eigenvalue weighted by Crippen LogP contribution is -2.27. The van der Waals surface area contributed by atoms with Gasteiger partial charge in [-0.25, -0.2) is 4.98 Å². The van der Waals surface area contributed by atoms with Crippen molar-refractivity contribution in [1.29, 1.82) is 0 Å². The van der Waals surface area contributed by atoms with Gasteiger partial charge in [-0.1, -0.05) is 19.1 Å². The monoisotopic (exact) mass is 330 g/mol. The molecule has 2 aromatic rings. The Labute approximate surface area is 131 Å². The summed E-state index contributed by atoms with van der Waals surface area (Å²) in [4.78, 5) is 6.34. The molecule has 0 aliphatic rings. The van der Waals surface area contributed by atoms with Gasteiger partial charge in [-0.2, -0.15) is 13.2 Å². The largest absolute Gasteiger partial charge is 0.416 e. The van der Waals surface area contributed by atoms with E-state index in [-0.39, 0.29) is 6.61 Å². The van der Waals surface area contributed by atoms with Crippen LogP contribution in [0.1, 0.15) is 18.9 Å². The van der Waals surface area contributed by atoms with Crippen LogP contribution in [0.2, 0.25) is 0 Å². The molecule has 0 saturated carbocycles. The summed E-state index contributed by atoms with van der Waals surface area (Å²) in [5.41, 5.74) is 0.281. The number of halogens is 3. The number of hydrogen-bond donors (Lipinski definition) is 1. The van der Waals surface area contributed by atoms with Crippen LogP contribution in [0.15, 0.2) is 29.6 Å². The number of aromatic nitrogens is 1. The summed E-state index contributed by atoms with van der Waals surface area (Å²) in [5.74, 6) is 0. The second kappa shape index (κ2) is 7.11. The number of aliphatic hydroxyl groups is 1. The molecule has 1 N–H and O–H groups in total. The van der Waals surface area contributed by atoms with Gasteiger partial charge in [0.25, 0.3) is 0 Å². The highest BCUT2D eigenvalue weighted by atomic mass is 32.1. The van der Waals surface area contributed by atoms with E-state index in [4.69, 9.17) is 5.11 Å². The quantitative estimate of drug-likeness (QED) is 0.868. The van der Waals surface area contributed by atoms with Crippen LogP contribution in [0.25, 0.3) is 11.3 Å². The summed E-state index contributed by atoms with van der Waals surface area (Å²) < 4.78 is 38.3. The SMILES string of the molecule is CCCN(CCO)c1nc(-c2cccc(C(F)(F)F)c2)cs1. The third kappa shape index (κ3) is 3.98. The van der Waals surface area contributed by atoms with E-state index in [1.54, 1.807) is 11.4 Å². The molecule has 0 aliphatic carbocycles. The molecule has 1 aromatic heterocycles. The summed E-state index contributed by atoms with van der Waals surface area (Å²) in [6, 6.07) is 5.15. The Kier molecular flexibility index (Phi) is 5.42. The second-order valence-corrected chi connectivity index (χ2v) is 5.64. The predicted molar refractivity (Wildman–Crippen MR) is 82.1 cm³/mol. The van der Waals surface area contributed by atoms with E-state index in [2.05, 4.69) is 4.98 Å². The molecule has 1 heterocycles. The fourth-order valence-electron chi connectivity index (χ4n) is 2.09. The number of aliphatic hydroxyl groups excluding tert-OH is 1. The van der Waals surface area contributed by atoms with Gasteiger partial charge in [0.15, 0.2) is 5.13 Å². The number of benzene rings is 1. The van der Waals surface area contributed by atoms with E-state index in [1.165, 1.54) is 17.4 Å². The third-order valence-electron chi connectivity index (χ3n) is 3.11. The van der Waals surface area contributed by atoms with Gasteiger partial charge in [0, 0.05) is 24.0 Å². The molecule has 0 unspecified atom stereocenters. The van der Waals surface area contributed by atoms with Crippen molar-refractivity contribution in [2.75, 3.05) is 24.6 Å². The van der Waals surface area contributed by atoms with Crippen molar-refractivity contribution in [2.45, 2.75) is 19.5 Å². The fraction of sp³-hybridized carbons (Fsp3) is 0.400. The standard InChI is InChI=1S/C15H17F3N2OS/c1-2-6-20(7-8-21)14-19-13(10-22-14)11-4-3-5-12(9-11)15(16,17)18/h3-5,9-10,21H,2,6-8H2,1H3. The lowest BCUT2D eigenvalue weighted by molar-refractivity contribution is -0.137. The van der Waals surface area contributed by atoms with Crippen molar-refractivity contribution >= 4 is 16.5 Å². The van der Waals surface area contributed by atoms with Gasteiger partial charge >= 0.3 is 6.18 Å². The summed E-state index contributed by atoms with van der Waals surface area (Å²) in [5, 5.41) is 11.5. The molecule has 22 heavy (non-hydrogen) atoms. The second-order valence-electron chi connectivity index (χ2n) is 4.80. The average molecular weight is 330 g/mol. The fourth-order valence-corrected chi connectivity index (χ4v) is 2.98. The molecule has 3 nitrogen and oxygen atoms in total. The first-order chi connectivity index (χ1) is 10.5. The molecule has 7 heteroatoms. The molecular weight excluding hydrogens is 313 g/mol. The number of hydrogen-bond acceptors (Lipinski definition) is 4. The predicted octanol–water partition coefficient (Wildman–Crippen LogP) is 4.04. The van der Waals surface area contributed by atoms with Crippen LogP contribution in [0.3, 0.4) is 0 Å². The first kappa shape index (κ1) is 16.8. The normalized spacial score (nSPS) is 11.7. The smallest absolute Gasteiger partial charge is 0.395 e. The van der Waals surface area contributed by atoms with E-state index >= 15 is 0 Å². The van der Waals surface area contributed by atoms with E-state index in [0.717, 1.165) is 25.1 Å². The highest BCUT2D eigenvalue weighted by molar-refractivity contribution is 7.14. The molecule has 0 amide bonds. The number of alkyl halides is 3. The first-order valence-corrected chi connectivity index (χ1v) is 7.82. The highest BCUT2D eigenvalue weighted by Gasteiger charge is 2.30. The van der Waals surface area contributed by atoms with Crippen LogP contribution < -0.4 is 4.90 Å². The summed E-state index contributed by atoms with van der Waals surface area (Å²) in [7, 11) is 0. The summed E-state index contributed by atoms with van der Waals surface area (Å²) >= 11 is 1.37. The zero-order chi connectivity index (χ0) is 16.2. The van der Waals surface area contributed by atoms with Gasteiger partial charge in [-0.3, -0.25) is 0 Å². The van der Waals surface area contributed by atoms with E-state index in [0.29, 0.717) is 22.9 Å². The summed E-state index contributed by atoms with van der Waals surface area (Å²) in [6.45, 7) is 3.24. The van der Waals surface area contributed by atoms with Crippen molar-refractivity contribution in [3.8, 4) is 11.3 Å². The van der Waals surface area contributed by atoms with Gasteiger partial charge in [0.05, 0.1) is 17.9 Å². The minimum absolute atomic E-state index is 0.0124. The number of anilines is 1. The van der Waals surface area contributed by atoms with Crippen LogP contribution in [0.4, 0.5) is 18.3 Å². The lowest BCUT2D eigenvalue weighted by Gasteiger charge is -2.19. The maximum absolute atomic E-state index is 12.8. The van der Waals surface area contributed by atoms with Gasteiger partial charge in [-0.15, -0.1) is 11.3 Å². The van der Waals surface area contributed by atoms with Crippen molar-refractivity contribution < 1.29 is 18.3 Å². The van der Waals surface area contributed by atoms with Crippen LogP contribution in [-0.4, -0.2) is 29.8 Å². The molecule has 0 spiro atoms. The van der Waals surface area contributed by atoms with Gasteiger partial charge < -0.3 is 10.0 Å². The van der Waals surface area contributed by atoms with Crippen LogP contribution in [0, 0.1) is 0 Å². The molecule has 0 radical (unpaired) electrons. The van der Waals surface area contributed by atoms with E-state index in [1.807, 2.05) is 11.8 Å². The van der Waals surface area contributed by atoms with Gasteiger partial charge in [-0.05, 0) is 18.6 Å². The third-order valence-corrected chi connectivity index (χ3v) is 4.01. The Morgan fingerprint density at radius 3 is 2.68 bits per heavy atom. The molecule has 120 valence electrons. The number of nitrogens with zero attached hydrogens (tertiary/aromatic N) is 2. The minimum Gasteiger partial charge on any atom is -0.395 e. The van der Waals surface area contributed by atoms with Crippen molar-refractivity contribution in [3.63, 3.8) is 0 Å². The Morgan fingerprint density at radius 2 is 2.05 bits per heavy atom. The molecule has 0 fully saturated rings. The molecule has 0 atom stereocenters. The molecule has 0 saturated heterocycles. The van der Waals surface area contributed by atoms with Gasteiger partial charge in [0.1, 0.15) is 0 Å². The zero-order valence-corrected chi connectivity index (χ0v) is 12.9. The van der Waals surface area contributed by atoms with E-state index < -0.39 is 11.7 Å². The maximum Gasteiger partial charge on any atom is 0.416 e. The molecular formula is C15H17F3N2OS. The molecule has 0 aliphatic heterocycles. The van der Waals surface area contributed by atoms with Crippen LogP contribution in [-0.2, 0) is 6.18 Å². The number of rotatable bonds is 6. The van der Waals surface area contributed by atoms with Crippen molar-refractivity contribution in [3.05, 3.63) is 35.2 Å². The van der Waals surface area contributed by atoms with Gasteiger partial charge in [0.2, 0.25) is 0 Å². The lowest BCUT2D eigenvalue weighted by atomic mass is 10.1. The van der Waals surface area contributed by atoms with Crippen molar-refractivity contribution in [2.24, 2.45) is 0 Å². The Morgan fingerprint density at radius 1 is 1.27 bits per heavy atom. The molecule has 0 bridgehead atoms. The molecule has 1 aromatic carbocycles. The van der Waals surface area contributed by atoms with Crippen molar-refractivity contribution in [1.82, 2.24) is 4.98 Å².